The van der Waals surface area contributed by atoms with Crippen molar-refractivity contribution in [3.63, 3.8) is 0 Å². The van der Waals surface area contributed by atoms with Gasteiger partial charge in [0.25, 0.3) is 0 Å². The predicted octanol–water partition coefficient (Wildman–Crippen LogP) is 2.29. The van der Waals surface area contributed by atoms with Crippen LogP contribution in [0, 0.1) is 5.92 Å². The smallest absolute Gasteiger partial charge is 0.0230 e. The van der Waals surface area contributed by atoms with Crippen LogP contribution in [0.4, 0.5) is 0 Å². The van der Waals surface area contributed by atoms with Crippen molar-refractivity contribution in [2.75, 3.05) is 26.7 Å². The number of nitrogens with zero attached hydrogens (tertiary/aromatic N) is 1. The molecule has 1 saturated heterocycles. The maximum Gasteiger partial charge on any atom is 0.0230 e. The topological polar surface area (TPSA) is 15.3 Å². The van der Waals surface area contributed by atoms with E-state index in [4.69, 9.17) is 0 Å². The van der Waals surface area contributed by atoms with Gasteiger partial charge in [0.15, 0.2) is 0 Å². The van der Waals surface area contributed by atoms with E-state index in [1.807, 2.05) is 0 Å². The highest BCUT2D eigenvalue weighted by Crippen LogP contribution is 2.11. The Kier molecular flexibility index (Phi) is 4.57. The van der Waals surface area contributed by atoms with Crippen molar-refractivity contribution in [1.82, 2.24) is 10.2 Å². The summed E-state index contributed by atoms with van der Waals surface area (Å²) in [6, 6.07) is 9.11. The van der Waals surface area contributed by atoms with Crippen LogP contribution in [-0.4, -0.2) is 31.6 Å². The lowest BCUT2D eigenvalue weighted by Gasteiger charge is -2.31. The minimum atomic E-state index is 0.861. The lowest BCUT2D eigenvalue weighted by Crippen LogP contribution is -2.47. The lowest BCUT2D eigenvalue weighted by molar-refractivity contribution is 0.218. The average Bonchev–Trinajstić information content (AvgIpc) is 2.27. The van der Waals surface area contributed by atoms with E-state index in [0.717, 1.165) is 12.5 Å². The van der Waals surface area contributed by atoms with Crippen LogP contribution in [0.15, 0.2) is 24.3 Å². The standard InChI is InChI=1S/C15H24N2/c1-3-4-13-5-7-14(8-6-13)11-17(2)12-15-9-16-10-15/h5-8,15-16H,3-4,9-12H2,1-2H3. The zero-order valence-electron chi connectivity index (χ0n) is 11.1. The van der Waals surface area contributed by atoms with E-state index in [1.165, 1.54) is 43.6 Å². The molecule has 0 spiro atoms. The molecule has 1 aliphatic rings. The summed E-state index contributed by atoms with van der Waals surface area (Å²) in [4.78, 5) is 2.43. The molecule has 2 nitrogen and oxygen atoms in total. The van der Waals surface area contributed by atoms with Crippen LogP contribution >= 0.6 is 0 Å². The highest BCUT2D eigenvalue weighted by Gasteiger charge is 2.18. The zero-order valence-corrected chi connectivity index (χ0v) is 11.1. The van der Waals surface area contributed by atoms with Gasteiger partial charge in [-0.25, -0.2) is 0 Å². The molecule has 94 valence electrons. The second kappa shape index (κ2) is 6.18. The molecule has 0 aliphatic carbocycles. The number of benzene rings is 1. The van der Waals surface area contributed by atoms with Crippen molar-refractivity contribution in [3.05, 3.63) is 35.4 Å². The van der Waals surface area contributed by atoms with Gasteiger partial charge < -0.3 is 10.2 Å². The number of hydrogen-bond donors (Lipinski definition) is 1. The molecule has 0 unspecified atom stereocenters. The first-order chi connectivity index (χ1) is 8.28. The van der Waals surface area contributed by atoms with Crippen molar-refractivity contribution >= 4 is 0 Å². The third kappa shape index (κ3) is 3.83. The normalized spacial score (nSPS) is 16.2. The van der Waals surface area contributed by atoms with E-state index in [9.17, 15) is 0 Å². The van der Waals surface area contributed by atoms with Crippen LogP contribution in [0.2, 0.25) is 0 Å². The lowest BCUT2D eigenvalue weighted by atomic mass is 10.0. The Hall–Kier alpha value is -0.860. The fourth-order valence-corrected chi connectivity index (χ4v) is 2.39. The summed E-state index contributed by atoms with van der Waals surface area (Å²) in [5, 5.41) is 3.33. The molecule has 0 aromatic heterocycles. The Morgan fingerprint density at radius 1 is 1.18 bits per heavy atom. The van der Waals surface area contributed by atoms with Crippen molar-refractivity contribution in [3.8, 4) is 0 Å². The molecular formula is C15H24N2. The van der Waals surface area contributed by atoms with E-state index >= 15 is 0 Å². The van der Waals surface area contributed by atoms with E-state index in [2.05, 4.69) is 48.5 Å². The first-order valence-corrected chi connectivity index (χ1v) is 6.75. The molecule has 1 aliphatic heterocycles. The Morgan fingerprint density at radius 2 is 1.82 bits per heavy atom. The van der Waals surface area contributed by atoms with Gasteiger partial charge in [-0.2, -0.15) is 0 Å². The molecule has 0 amide bonds. The summed E-state index contributed by atoms with van der Waals surface area (Å²) in [7, 11) is 2.22. The quantitative estimate of drug-likeness (QED) is 0.809. The van der Waals surface area contributed by atoms with Crippen molar-refractivity contribution in [2.45, 2.75) is 26.3 Å². The summed E-state index contributed by atoms with van der Waals surface area (Å²) in [6.07, 6.45) is 2.43. The monoisotopic (exact) mass is 232 g/mol. The highest BCUT2D eigenvalue weighted by molar-refractivity contribution is 5.22. The summed E-state index contributed by atoms with van der Waals surface area (Å²) in [5.41, 5.74) is 2.89. The molecule has 1 N–H and O–H groups in total. The van der Waals surface area contributed by atoms with Gasteiger partial charge in [0, 0.05) is 26.2 Å². The molecule has 0 atom stereocenters. The molecule has 1 aromatic rings. The van der Waals surface area contributed by atoms with E-state index in [-0.39, 0.29) is 0 Å². The molecule has 0 saturated carbocycles. The van der Waals surface area contributed by atoms with Crippen LogP contribution in [0.3, 0.4) is 0 Å². The fourth-order valence-electron chi connectivity index (χ4n) is 2.39. The molecule has 2 heteroatoms. The van der Waals surface area contributed by atoms with Crippen LogP contribution in [0.5, 0.6) is 0 Å². The van der Waals surface area contributed by atoms with Crippen LogP contribution in [-0.2, 0) is 13.0 Å². The first-order valence-electron chi connectivity index (χ1n) is 6.75. The largest absolute Gasteiger partial charge is 0.316 e. The van der Waals surface area contributed by atoms with Gasteiger partial charge in [-0.3, -0.25) is 0 Å². The third-order valence-electron chi connectivity index (χ3n) is 3.45. The van der Waals surface area contributed by atoms with Crippen LogP contribution in [0.25, 0.3) is 0 Å². The Morgan fingerprint density at radius 3 is 2.35 bits per heavy atom. The molecule has 1 aromatic carbocycles. The number of nitrogens with one attached hydrogen (secondary N) is 1. The minimum Gasteiger partial charge on any atom is -0.316 e. The molecule has 17 heavy (non-hydrogen) atoms. The van der Waals surface area contributed by atoms with Crippen LogP contribution < -0.4 is 5.32 Å². The van der Waals surface area contributed by atoms with Gasteiger partial charge in [0.2, 0.25) is 0 Å². The van der Waals surface area contributed by atoms with Gasteiger partial charge in [-0.05, 0) is 30.5 Å². The summed E-state index contributed by atoms with van der Waals surface area (Å²) < 4.78 is 0. The van der Waals surface area contributed by atoms with Crippen LogP contribution in [0.1, 0.15) is 24.5 Å². The van der Waals surface area contributed by atoms with Gasteiger partial charge in [0.1, 0.15) is 0 Å². The van der Waals surface area contributed by atoms with Crippen molar-refractivity contribution in [2.24, 2.45) is 5.92 Å². The molecule has 0 bridgehead atoms. The second-order valence-corrected chi connectivity index (χ2v) is 5.29. The van der Waals surface area contributed by atoms with E-state index in [0.29, 0.717) is 0 Å². The van der Waals surface area contributed by atoms with Gasteiger partial charge in [-0.15, -0.1) is 0 Å². The zero-order chi connectivity index (χ0) is 12.1. The Labute approximate surface area is 105 Å². The average molecular weight is 232 g/mol. The maximum absolute atomic E-state index is 3.33. The molecular weight excluding hydrogens is 208 g/mol. The maximum atomic E-state index is 3.33. The van der Waals surface area contributed by atoms with Gasteiger partial charge >= 0.3 is 0 Å². The number of hydrogen-bond acceptors (Lipinski definition) is 2. The Bertz CT molecular complexity index is 327. The second-order valence-electron chi connectivity index (χ2n) is 5.29. The summed E-state index contributed by atoms with van der Waals surface area (Å²) >= 11 is 0. The SMILES string of the molecule is CCCc1ccc(CN(C)CC2CNC2)cc1. The summed E-state index contributed by atoms with van der Waals surface area (Å²) in [5.74, 6) is 0.861. The van der Waals surface area contributed by atoms with Crippen molar-refractivity contribution in [1.29, 1.82) is 0 Å². The molecule has 2 rings (SSSR count). The Balaban J connectivity index is 1.80. The molecule has 0 radical (unpaired) electrons. The van der Waals surface area contributed by atoms with E-state index in [1.54, 1.807) is 0 Å². The van der Waals surface area contributed by atoms with E-state index < -0.39 is 0 Å². The minimum absolute atomic E-state index is 0.861. The van der Waals surface area contributed by atoms with Gasteiger partial charge in [-0.1, -0.05) is 37.6 Å². The fraction of sp³-hybridized carbons (Fsp3) is 0.600. The van der Waals surface area contributed by atoms with Gasteiger partial charge in [0.05, 0.1) is 0 Å². The molecule has 1 fully saturated rings. The van der Waals surface area contributed by atoms with Crippen molar-refractivity contribution < 1.29 is 0 Å². The highest BCUT2D eigenvalue weighted by atomic mass is 15.1. The first kappa shape index (κ1) is 12.6. The third-order valence-corrected chi connectivity index (χ3v) is 3.45. The summed E-state index contributed by atoms with van der Waals surface area (Å²) in [6.45, 7) is 6.90. The number of rotatable bonds is 6. The molecule has 1 heterocycles. The number of aryl methyl sites for hydroxylation is 1. The predicted molar refractivity (Wildman–Crippen MR) is 73.1 cm³/mol.